The van der Waals surface area contributed by atoms with Crippen molar-refractivity contribution in [3.05, 3.63) is 35.4 Å². The van der Waals surface area contributed by atoms with Crippen molar-refractivity contribution in [3.8, 4) is 0 Å². The molecule has 1 aromatic rings. The van der Waals surface area contributed by atoms with Crippen molar-refractivity contribution >= 4 is 0 Å². The van der Waals surface area contributed by atoms with Crippen LogP contribution in [-0.2, 0) is 16.5 Å². The van der Waals surface area contributed by atoms with Gasteiger partial charge in [0.1, 0.15) is 0 Å². The fourth-order valence-corrected chi connectivity index (χ4v) is 2.07. The number of hydrogen-bond acceptors (Lipinski definition) is 2. The fraction of sp³-hybridized carbons (Fsp3) is 0.500. The number of alkyl halides is 3. The molecule has 0 unspecified atom stereocenters. The van der Waals surface area contributed by atoms with Gasteiger partial charge in [-0.25, -0.2) is 0 Å². The summed E-state index contributed by atoms with van der Waals surface area (Å²) in [6, 6.07) is 4.64. The number of halogens is 3. The maximum Gasteiger partial charge on any atom is 0.416 e. The Bertz CT molecular complexity index is 391. The van der Waals surface area contributed by atoms with E-state index >= 15 is 0 Å². The summed E-state index contributed by atoms with van der Waals surface area (Å²) < 4.78 is 42.1. The largest absolute Gasteiger partial charge is 0.416 e. The molecule has 0 radical (unpaired) electrons. The summed E-state index contributed by atoms with van der Waals surface area (Å²) in [5, 5.41) is 10.1. The Morgan fingerprint density at radius 1 is 1.24 bits per heavy atom. The zero-order valence-corrected chi connectivity index (χ0v) is 9.29. The van der Waals surface area contributed by atoms with Crippen LogP contribution in [0.25, 0.3) is 0 Å². The highest BCUT2D eigenvalue weighted by Gasteiger charge is 2.44. The number of aliphatic hydroxyl groups is 1. The van der Waals surface area contributed by atoms with Gasteiger partial charge in [-0.05, 0) is 17.7 Å². The van der Waals surface area contributed by atoms with Crippen LogP contribution in [0, 0.1) is 0 Å². The zero-order chi connectivity index (χ0) is 12.7. The Hall–Kier alpha value is -1.07. The van der Waals surface area contributed by atoms with E-state index in [2.05, 4.69) is 0 Å². The van der Waals surface area contributed by atoms with Crippen LogP contribution < -0.4 is 0 Å². The summed E-state index contributed by atoms with van der Waals surface area (Å²) in [5.41, 5.74) is -1.23. The number of hydrogen-bond donors (Lipinski definition) is 1. The zero-order valence-electron chi connectivity index (χ0n) is 9.29. The quantitative estimate of drug-likeness (QED) is 0.869. The Kier molecular flexibility index (Phi) is 2.91. The Morgan fingerprint density at radius 2 is 1.76 bits per heavy atom. The van der Waals surface area contributed by atoms with Crippen molar-refractivity contribution in [1.29, 1.82) is 0 Å². The molecule has 0 spiro atoms. The SMILES string of the molecule is COC1CC(O)(c2ccc(C(F)(F)F)cc2)C1. The molecule has 94 valence electrons. The van der Waals surface area contributed by atoms with Gasteiger partial charge in [0.15, 0.2) is 0 Å². The highest BCUT2D eigenvalue weighted by atomic mass is 19.4. The molecule has 1 aliphatic rings. The Morgan fingerprint density at radius 3 is 2.18 bits per heavy atom. The van der Waals surface area contributed by atoms with Crippen LogP contribution in [0.1, 0.15) is 24.0 Å². The molecule has 2 nitrogen and oxygen atoms in total. The van der Waals surface area contributed by atoms with E-state index in [0.717, 1.165) is 12.1 Å². The molecule has 0 amide bonds. The van der Waals surface area contributed by atoms with Crippen molar-refractivity contribution in [3.63, 3.8) is 0 Å². The maximum atomic E-state index is 12.3. The molecular formula is C12H13F3O2. The van der Waals surface area contributed by atoms with Crippen LogP contribution in [0.4, 0.5) is 13.2 Å². The normalized spacial score (nSPS) is 28.9. The van der Waals surface area contributed by atoms with Crippen LogP contribution in [-0.4, -0.2) is 18.3 Å². The lowest BCUT2D eigenvalue weighted by Gasteiger charge is -2.43. The van der Waals surface area contributed by atoms with Gasteiger partial charge in [0.05, 0.1) is 17.3 Å². The lowest BCUT2D eigenvalue weighted by molar-refractivity contribution is -0.139. The molecule has 1 fully saturated rings. The molecule has 1 aromatic carbocycles. The molecule has 2 rings (SSSR count). The third-order valence-electron chi connectivity index (χ3n) is 3.21. The molecule has 0 aromatic heterocycles. The standard InChI is InChI=1S/C12H13F3O2/c1-17-10-6-11(16,7-10)8-2-4-9(5-3-8)12(13,14)15/h2-5,10,16H,6-7H2,1H3. The minimum atomic E-state index is -4.34. The van der Waals surface area contributed by atoms with E-state index in [1.807, 2.05) is 0 Å². The van der Waals surface area contributed by atoms with Gasteiger partial charge in [-0.2, -0.15) is 13.2 Å². The third-order valence-corrected chi connectivity index (χ3v) is 3.21. The molecule has 1 N–H and O–H groups in total. The monoisotopic (exact) mass is 246 g/mol. The second-order valence-corrected chi connectivity index (χ2v) is 4.37. The van der Waals surface area contributed by atoms with Crippen LogP contribution in [0.15, 0.2) is 24.3 Å². The number of benzene rings is 1. The van der Waals surface area contributed by atoms with Crippen LogP contribution >= 0.6 is 0 Å². The van der Waals surface area contributed by atoms with Crippen molar-refractivity contribution in [1.82, 2.24) is 0 Å². The molecule has 0 atom stereocenters. The Labute approximate surface area is 97.0 Å². The summed E-state index contributed by atoms with van der Waals surface area (Å²) in [6.45, 7) is 0. The molecule has 5 heteroatoms. The lowest BCUT2D eigenvalue weighted by atomic mass is 9.73. The minimum Gasteiger partial charge on any atom is -0.385 e. The minimum absolute atomic E-state index is 0.0118. The van der Waals surface area contributed by atoms with Crippen molar-refractivity contribution in [2.24, 2.45) is 0 Å². The molecular weight excluding hydrogens is 233 g/mol. The van der Waals surface area contributed by atoms with E-state index in [9.17, 15) is 18.3 Å². The van der Waals surface area contributed by atoms with E-state index in [-0.39, 0.29) is 6.10 Å². The summed E-state index contributed by atoms with van der Waals surface area (Å²) >= 11 is 0. The van der Waals surface area contributed by atoms with Crippen LogP contribution in [0.2, 0.25) is 0 Å². The van der Waals surface area contributed by atoms with Crippen molar-refractivity contribution in [2.75, 3.05) is 7.11 Å². The first-order valence-corrected chi connectivity index (χ1v) is 5.28. The number of methoxy groups -OCH3 is 1. The first-order valence-electron chi connectivity index (χ1n) is 5.28. The molecule has 0 heterocycles. The van der Waals surface area contributed by atoms with Crippen LogP contribution in [0.3, 0.4) is 0 Å². The Balaban J connectivity index is 2.14. The molecule has 0 saturated heterocycles. The van der Waals surface area contributed by atoms with E-state index < -0.39 is 17.3 Å². The average Bonchev–Trinajstić information content (AvgIpc) is 2.23. The summed E-state index contributed by atoms with van der Waals surface area (Å²) in [4.78, 5) is 0. The topological polar surface area (TPSA) is 29.5 Å². The first kappa shape index (κ1) is 12.4. The lowest BCUT2D eigenvalue weighted by Crippen LogP contribution is -2.45. The van der Waals surface area contributed by atoms with E-state index in [1.165, 1.54) is 12.1 Å². The highest BCUT2D eigenvalue weighted by Crippen LogP contribution is 2.43. The maximum absolute atomic E-state index is 12.3. The summed E-state index contributed by atoms with van der Waals surface area (Å²) in [5.74, 6) is 0. The fourth-order valence-electron chi connectivity index (χ4n) is 2.07. The van der Waals surface area contributed by atoms with E-state index in [4.69, 9.17) is 4.74 Å². The molecule has 17 heavy (non-hydrogen) atoms. The van der Waals surface area contributed by atoms with Gasteiger partial charge in [0.25, 0.3) is 0 Å². The van der Waals surface area contributed by atoms with E-state index in [0.29, 0.717) is 18.4 Å². The summed E-state index contributed by atoms with van der Waals surface area (Å²) in [6.07, 6.45) is -3.50. The second-order valence-electron chi connectivity index (χ2n) is 4.37. The van der Waals surface area contributed by atoms with Gasteiger partial charge in [0.2, 0.25) is 0 Å². The highest BCUT2D eigenvalue weighted by molar-refractivity contribution is 5.30. The van der Waals surface area contributed by atoms with Gasteiger partial charge in [-0.15, -0.1) is 0 Å². The van der Waals surface area contributed by atoms with Crippen molar-refractivity contribution < 1.29 is 23.0 Å². The molecule has 0 bridgehead atoms. The van der Waals surface area contributed by atoms with Gasteiger partial charge >= 0.3 is 6.18 Å². The third kappa shape index (κ3) is 2.30. The second kappa shape index (κ2) is 3.99. The van der Waals surface area contributed by atoms with Gasteiger partial charge in [-0.3, -0.25) is 0 Å². The summed E-state index contributed by atoms with van der Waals surface area (Å²) in [7, 11) is 1.55. The van der Waals surface area contributed by atoms with Gasteiger partial charge < -0.3 is 9.84 Å². The van der Waals surface area contributed by atoms with E-state index in [1.54, 1.807) is 7.11 Å². The molecule has 1 aliphatic carbocycles. The first-order chi connectivity index (χ1) is 7.85. The number of rotatable bonds is 2. The smallest absolute Gasteiger partial charge is 0.385 e. The predicted octanol–water partition coefficient (Wildman–Crippen LogP) is 2.70. The number of ether oxygens (including phenoxy) is 1. The van der Waals surface area contributed by atoms with Gasteiger partial charge in [-0.1, -0.05) is 12.1 Å². The average molecular weight is 246 g/mol. The van der Waals surface area contributed by atoms with Crippen molar-refractivity contribution in [2.45, 2.75) is 30.7 Å². The predicted molar refractivity (Wildman–Crippen MR) is 55.4 cm³/mol. The van der Waals surface area contributed by atoms with Crippen LogP contribution in [0.5, 0.6) is 0 Å². The molecule has 0 aliphatic heterocycles. The molecule has 1 saturated carbocycles. The van der Waals surface area contributed by atoms with Gasteiger partial charge in [0, 0.05) is 20.0 Å².